The number of nitrogens with zero attached hydrogens (tertiary/aromatic N) is 1. The van der Waals surface area contributed by atoms with Gasteiger partial charge in [0.05, 0.1) is 10.6 Å². The minimum atomic E-state index is -3.88. The zero-order valence-electron chi connectivity index (χ0n) is 15.8. The van der Waals surface area contributed by atoms with Crippen LogP contribution in [0.3, 0.4) is 0 Å². The van der Waals surface area contributed by atoms with Crippen LogP contribution in [-0.2, 0) is 9.84 Å². The summed E-state index contributed by atoms with van der Waals surface area (Å²) in [5.74, 6) is -0.254. The molecule has 1 aromatic heterocycles. The average molecular weight is 401 g/mol. The van der Waals surface area contributed by atoms with Gasteiger partial charge in [0, 0.05) is 18.7 Å². The van der Waals surface area contributed by atoms with Gasteiger partial charge in [0.15, 0.2) is 0 Å². The normalized spacial score (nSPS) is 11.3. The lowest BCUT2D eigenvalue weighted by Gasteiger charge is -2.11. The summed E-state index contributed by atoms with van der Waals surface area (Å²) in [5.41, 5.74) is 2.28. The van der Waals surface area contributed by atoms with Gasteiger partial charge < -0.3 is 0 Å². The number of hydrogen-bond donors (Lipinski definition) is 0. The smallest absolute Gasteiger partial charge is 0.228 e. The maximum Gasteiger partial charge on any atom is 0.228 e. The molecule has 0 radical (unpaired) electrons. The van der Waals surface area contributed by atoms with E-state index in [4.69, 9.17) is 0 Å². The quantitative estimate of drug-likeness (QED) is 0.465. The molecule has 4 nitrogen and oxygen atoms in total. The molecule has 0 saturated heterocycles. The largest absolute Gasteiger partial charge is 0.285 e. The first-order valence-electron chi connectivity index (χ1n) is 9.17. The van der Waals surface area contributed by atoms with Crippen molar-refractivity contribution in [2.75, 3.05) is 0 Å². The van der Waals surface area contributed by atoms with Gasteiger partial charge in [-0.3, -0.25) is 9.36 Å². The van der Waals surface area contributed by atoms with Gasteiger partial charge in [-0.1, -0.05) is 78.9 Å². The molecule has 0 amide bonds. The summed E-state index contributed by atoms with van der Waals surface area (Å²) in [4.78, 5) is 12.8. The lowest BCUT2D eigenvalue weighted by Crippen LogP contribution is -2.09. The first kappa shape index (κ1) is 18.9. The third kappa shape index (κ3) is 3.41. The molecular weight excluding hydrogens is 382 g/mol. The predicted molar refractivity (Wildman–Crippen MR) is 113 cm³/mol. The van der Waals surface area contributed by atoms with Crippen molar-refractivity contribution in [2.24, 2.45) is 0 Å². The van der Waals surface area contributed by atoms with Crippen LogP contribution < -0.4 is 0 Å². The van der Waals surface area contributed by atoms with E-state index in [1.807, 2.05) is 60.7 Å². The molecule has 0 atom stereocenters. The van der Waals surface area contributed by atoms with Crippen molar-refractivity contribution in [2.45, 2.75) is 16.7 Å². The van der Waals surface area contributed by atoms with Crippen LogP contribution in [0.5, 0.6) is 0 Å². The lowest BCUT2D eigenvalue weighted by molar-refractivity contribution is 0.0938. The van der Waals surface area contributed by atoms with E-state index in [1.54, 1.807) is 36.5 Å². The van der Waals surface area contributed by atoms with Crippen LogP contribution >= 0.6 is 0 Å². The maximum atomic E-state index is 13.7. The molecule has 0 aliphatic carbocycles. The summed E-state index contributed by atoms with van der Waals surface area (Å²) in [6.45, 7) is 1.43. The van der Waals surface area contributed by atoms with Crippen molar-refractivity contribution in [3.8, 4) is 22.4 Å². The van der Waals surface area contributed by atoms with E-state index >= 15 is 0 Å². The second-order valence-electron chi connectivity index (χ2n) is 6.66. The summed E-state index contributed by atoms with van der Waals surface area (Å²) in [7, 11) is -3.88. The average Bonchev–Trinajstić information content (AvgIpc) is 3.18. The molecule has 0 spiro atoms. The number of benzene rings is 3. The summed E-state index contributed by atoms with van der Waals surface area (Å²) in [6, 6.07) is 26.7. The van der Waals surface area contributed by atoms with Crippen molar-refractivity contribution >= 4 is 15.7 Å². The molecule has 0 unspecified atom stereocenters. The molecule has 4 aromatic rings. The van der Waals surface area contributed by atoms with E-state index in [2.05, 4.69) is 0 Å². The molecule has 3 aromatic carbocycles. The first-order valence-corrected chi connectivity index (χ1v) is 10.7. The fourth-order valence-corrected chi connectivity index (χ4v) is 5.10. The number of sulfone groups is 1. The van der Waals surface area contributed by atoms with E-state index in [0.717, 1.165) is 5.56 Å². The van der Waals surface area contributed by atoms with Crippen LogP contribution in [0.15, 0.2) is 107 Å². The number of hydrogen-bond acceptors (Lipinski definition) is 3. The molecule has 5 heteroatoms. The minimum absolute atomic E-state index is 0.135. The van der Waals surface area contributed by atoms with Crippen LogP contribution in [0.1, 0.15) is 11.7 Å². The standard InChI is InChI=1S/C24H19NO3S/c1-18(26)25-17-22(19-11-5-2-6-12-19)24(23(25)20-13-7-3-8-14-20)29(27,28)21-15-9-4-10-16-21/h2-17H,1H3. The Hall–Kier alpha value is -3.44. The topological polar surface area (TPSA) is 56.1 Å². The highest BCUT2D eigenvalue weighted by Crippen LogP contribution is 2.40. The fourth-order valence-electron chi connectivity index (χ4n) is 3.42. The van der Waals surface area contributed by atoms with Crippen molar-refractivity contribution in [1.29, 1.82) is 0 Å². The molecule has 1 heterocycles. The maximum absolute atomic E-state index is 13.7. The number of rotatable bonds is 4. The molecule has 0 bridgehead atoms. The minimum Gasteiger partial charge on any atom is -0.285 e. The Morgan fingerprint density at radius 2 is 1.21 bits per heavy atom. The molecule has 0 aliphatic rings. The second kappa shape index (κ2) is 7.53. The van der Waals surface area contributed by atoms with Gasteiger partial charge in [0.2, 0.25) is 15.7 Å². The predicted octanol–water partition coefficient (Wildman–Crippen LogP) is 5.32. The summed E-state index contributed by atoms with van der Waals surface area (Å²) in [6.07, 6.45) is 1.62. The highest BCUT2D eigenvalue weighted by atomic mass is 32.2. The van der Waals surface area contributed by atoms with Crippen LogP contribution in [0, 0.1) is 0 Å². The van der Waals surface area contributed by atoms with Crippen LogP contribution in [-0.4, -0.2) is 18.9 Å². The zero-order chi connectivity index (χ0) is 20.4. The van der Waals surface area contributed by atoms with E-state index in [0.29, 0.717) is 16.8 Å². The van der Waals surface area contributed by atoms with E-state index in [1.165, 1.54) is 11.5 Å². The molecule has 4 rings (SSSR count). The Balaban J connectivity index is 2.13. The third-order valence-electron chi connectivity index (χ3n) is 4.75. The van der Waals surface area contributed by atoms with Crippen molar-refractivity contribution < 1.29 is 13.2 Å². The highest BCUT2D eigenvalue weighted by molar-refractivity contribution is 7.91. The van der Waals surface area contributed by atoms with Gasteiger partial charge in [-0.25, -0.2) is 8.42 Å². The van der Waals surface area contributed by atoms with Crippen molar-refractivity contribution in [1.82, 2.24) is 4.57 Å². The SMILES string of the molecule is CC(=O)n1cc(-c2ccccc2)c(S(=O)(=O)c2ccccc2)c1-c1ccccc1. The number of aromatic nitrogens is 1. The molecular formula is C24H19NO3S. The van der Waals surface area contributed by atoms with Crippen LogP contribution in [0.25, 0.3) is 22.4 Å². The summed E-state index contributed by atoms with van der Waals surface area (Å²) in [5, 5.41) is 0. The summed E-state index contributed by atoms with van der Waals surface area (Å²) >= 11 is 0. The molecule has 144 valence electrons. The van der Waals surface area contributed by atoms with Gasteiger partial charge in [0.25, 0.3) is 0 Å². The van der Waals surface area contributed by atoms with Gasteiger partial charge in [0.1, 0.15) is 4.90 Å². The Labute approximate surface area is 170 Å². The lowest BCUT2D eigenvalue weighted by atomic mass is 10.1. The molecule has 0 aliphatic heterocycles. The Kier molecular flexibility index (Phi) is 4.91. The third-order valence-corrected chi connectivity index (χ3v) is 6.60. The van der Waals surface area contributed by atoms with E-state index in [9.17, 15) is 13.2 Å². The van der Waals surface area contributed by atoms with Gasteiger partial charge in [-0.2, -0.15) is 0 Å². The fraction of sp³-hybridized carbons (Fsp3) is 0.0417. The Bertz CT molecular complexity index is 1260. The monoisotopic (exact) mass is 401 g/mol. The van der Waals surface area contributed by atoms with E-state index < -0.39 is 9.84 Å². The van der Waals surface area contributed by atoms with Crippen LogP contribution in [0.2, 0.25) is 0 Å². The molecule has 0 saturated carbocycles. The second-order valence-corrected chi connectivity index (χ2v) is 8.54. The number of carbonyl (C=O) groups excluding carboxylic acids is 1. The first-order chi connectivity index (χ1) is 14.0. The van der Waals surface area contributed by atoms with Crippen molar-refractivity contribution in [3.05, 3.63) is 97.2 Å². The summed E-state index contributed by atoms with van der Waals surface area (Å²) < 4.78 is 28.9. The Morgan fingerprint density at radius 3 is 1.72 bits per heavy atom. The highest BCUT2D eigenvalue weighted by Gasteiger charge is 2.31. The van der Waals surface area contributed by atoms with Gasteiger partial charge >= 0.3 is 0 Å². The van der Waals surface area contributed by atoms with Gasteiger partial charge in [-0.15, -0.1) is 0 Å². The van der Waals surface area contributed by atoms with Crippen LogP contribution in [0.4, 0.5) is 0 Å². The van der Waals surface area contributed by atoms with E-state index in [-0.39, 0.29) is 15.7 Å². The molecule has 0 fully saturated rings. The van der Waals surface area contributed by atoms with Crippen molar-refractivity contribution in [3.63, 3.8) is 0 Å². The zero-order valence-corrected chi connectivity index (χ0v) is 16.6. The number of carbonyl (C=O) groups is 1. The Morgan fingerprint density at radius 1 is 0.724 bits per heavy atom. The molecule has 0 N–H and O–H groups in total. The molecule has 29 heavy (non-hydrogen) atoms. The van der Waals surface area contributed by atoms with Gasteiger partial charge in [-0.05, 0) is 23.3 Å².